The van der Waals surface area contributed by atoms with Gasteiger partial charge in [-0.2, -0.15) is 5.10 Å². The average Bonchev–Trinajstić information content (AvgIpc) is 3.39. The van der Waals surface area contributed by atoms with Crippen LogP contribution in [0, 0.1) is 0 Å². The summed E-state index contributed by atoms with van der Waals surface area (Å²) in [4.78, 5) is 15.6. The van der Waals surface area contributed by atoms with Crippen molar-refractivity contribution in [3.05, 3.63) is 52.9 Å². The van der Waals surface area contributed by atoms with Gasteiger partial charge in [-0.05, 0) is 24.1 Å². The number of carbonyl (C=O) groups excluding carboxylic acids is 1. The Kier molecular flexibility index (Phi) is 5.78. The third-order valence-corrected chi connectivity index (χ3v) is 5.80. The van der Waals surface area contributed by atoms with Gasteiger partial charge in [0.1, 0.15) is 6.04 Å². The van der Waals surface area contributed by atoms with Crippen molar-refractivity contribution in [2.24, 2.45) is 5.10 Å². The molecule has 8 heteroatoms. The Bertz CT molecular complexity index is 788. The maximum Gasteiger partial charge on any atom is 0.258 e. The van der Waals surface area contributed by atoms with E-state index in [1.165, 1.54) is 5.00 Å². The van der Waals surface area contributed by atoms with Gasteiger partial charge >= 0.3 is 0 Å². The fourth-order valence-electron chi connectivity index (χ4n) is 3.23. The standard InChI is InChI=1S/C19H23N5O2S/c25-19(17-12-16(21-22-17)14-4-2-1-3-5-14)23-20-13-15-6-7-18(27-15)24-8-10-26-11-9-24/h1-7,13,16-17,21-22H,8-12H2,(H,23,25)/b20-13+. The molecule has 7 nitrogen and oxygen atoms in total. The number of morpholine rings is 1. The van der Waals surface area contributed by atoms with E-state index in [1.807, 2.05) is 24.3 Å². The number of nitrogens with zero attached hydrogens (tertiary/aromatic N) is 2. The number of anilines is 1. The summed E-state index contributed by atoms with van der Waals surface area (Å²) in [5, 5.41) is 5.32. The first-order valence-electron chi connectivity index (χ1n) is 9.11. The molecule has 2 unspecified atom stereocenters. The first-order valence-corrected chi connectivity index (χ1v) is 9.93. The normalized spacial score (nSPS) is 23.0. The molecule has 2 aliphatic heterocycles. The van der Waals surface area contributed by atoms with Crippen LogP contribution in [0.25, 0.3) is 0 Å². The van der Waals surface area contributed by atoms with Crippen LogP contribution in [0.5, 0.6) is 0 Å². The van der Waals surface area contributed by atoms with E-state index in [-0.39, 0.29) is 18.0 Å². The van der Waals surface area contributed by atoms with Crippen LogP contribution in [0.15, 0.2) is 47.6 Å². The highest BCUT2D eigenvalue weighted by molar-refractivity contribution is 7.17. The molecule has 1 amide bonds. The first-order chi connectivity index (χ1) is 13.3. The molecular weight excluding hydrogens is 362 g/mol. The van der Waals surface area contributed by atoms with E-state index in [1.54, 1.807) is 17.6 Å². The fourth-order valence-corrected chi connectivity index (χ4v) is 4.17. The van der Waals surface area contributed by atoms with Crippen molar-refractivity contribution in [3.63, 3.8) is 0 Å². The average molecular weight is 385 g/mol. The lowest BCUT2D eigenvalue weighted by Gasteiger charge is -2.27. The summed E-state index contributed by atoms with van der Waals surface area (Å²) in [7, 11) is 0. The summed E-state index contributed by atoms with van der Waals surface area (Å²) in [5.74, 6) is -0.137. The molecule has 27 heavy (non-hydrogen) atoms. The molecule has 2 aliphatic rings. The van der Waals surface area contributed by atoms with E-state index in [0.717, 1.165) is 36.7 Å². The monoisotopic (exact) mass is 385 g/mol. The van der Waals surface area contributed by atoms with Crippen LogP contribution < -0.4 is 21.2 Å². The summed E-state index contributed by atoms with van der Waals surface area (Å²) >= 11 is 1.66. The molecule has 0 aliphatic carbocycles. The minimum Gasteiger partial charge on any atom is -0.378 e. The van der Waals surface area contributed by atoms with Crippen molar-refractivity contribution in [2.45, 2.75) is 18.5 Å². The Labute approximate surface area is 162 Å². The number of carbonyl (C=O) groups is 1. The second-order valence-corrected chi connectivity index (χ2v) is 7.64. The van der Waals surface area contributed by atoms with E-state index < -0.39 is 0 Å². The Hall–Kier alpha value is -2.26. The van der Waals surface area contributed by atoms with Crippen LogP contribution in [0.1, 0.15) is 22.9 Å². The van der Waals surface area contributed by atoms with Gasteiger partial charge in [0.25, 0.3) is 5.91 Å². The number of rotatable bonds is 5. The van der Waals surface area contributed by atoms with Crippen molar-refractivity contribution in [2.75, 3.05) is 31.2 Å². The molecule has 2 saturated heterocycles. The largest absolute Gasteiger partial charge is 0.378 e. The van der Waals surface area contributed by atoms with Crippen LogP contribution in [0.3, 0.4) is 0 Å². The molecule has 2 aromatic rings. The molecule has 1 aromatic carbocycles. The highest BCUT2D eigenvalue weighted by Gasteiger charge is 2.29. The van der Waals surface area contributed by atoms with Crippen LogP contribution >= 0.6 is 11.3 Å². The fraction of sp³-hybridized carbons (Fsp3) is 0.368. The number of hydrazone groups is 1. The number of benzene rings is 1. The zero-order valence-corrected chi connectivity index (χ0v) is 15.7. The minimum atomic E-state index is -0.306. The van der Waals surface area contributed by atoms with Gasteiger partial charge in [-0.15, -0.1) is 11.3 Å². The van der Waals surface area contributed by atoms with Crippen LogP contribution in [-0.2, 0) is 9.53 Å². The summed E-state index contributed by atoms with van der Waals surface area (Å²) in [6, 6.07) is 14.0. The second-order valence-electron chi connectivity index (χ2n) is 6.55. The number of hydrazine groups is 1. The molecule has 3 N–H and O–H groups in total. The maximum absolute atomic E-state index is 12.3. The Morgan fingerprint density at radius 3 is 2.81 bits per heavy atom. The number of hydrogen-bond donors (Lipinski definition) is 3. The van der Waals surface area contributed by atoms with Crippen molar-refractivity contribution >= 4 is 28.5 Å². The Balaban J connectivity index is 1.27. The third-order valence-electron chi connectivity index (χ3n) is 4.72. The highest BCUT2D eigenvalue weighted by atomic mass is 32.1. The van der Waals surface area contributed by atoms with E-state index in [2.05, 4.69) is 44.5 Å². The maximum atomic E-state index is 12.3. The number of nitrogens with one attached hydrogen (secondary N) is 3. The van der Waals surface area contributed by atoms with Gasteiger partial charge in [-0.1, -0.05) is 30.3 Å². The molecule has 142 valence electrons. The molecule has 2 fully saturated rings. The van der Waals surface area contributed by atoms with Gasteiger partial charge in [0.15, 0.2) is 0 Å². The third kappa shape index (κ3) is 4.54. The lowest BCUT2D eigenvalue weighted by Crippen LogP contribution is -2.41. The van der Waals surface area contributed by atoms with E-state index in [0.29, 0.717) is 6.42 Å². The van der Waals surface area contributed by atoms with E-state index in [4.69, 9.17) is 4.74 Å². The van der Waals surface area contributed by atoms with Gasteiger partial charge < -0.3 is 9.64 Å². The van der Waals surface area contributed by atoms with Gasteiger partial charge in [-0.3, -0.25) is 4.79 Å². The summed E-state index contributed by atoms with van der Waals surface area (Å²) in [5.41, 5.74) is 10.0. The Morgan fingerprint density at radius 1 is 1.19 bits per heavy atom. The predicted octanol–water partition coefficient (Wildman–Crippen LogP) is 1.64. The SMILES string of the molecule is O=C(N/N=C/c1ccc(N2CCOCC2)s1)C1CC(c2ccccc2)NN1. The van der Waals surface area contributed by atoms with Gasteiger partial charge in [0.2, 0.25) is 0 Å². The summed E-state index contributed by atoms with van der Waals surface area (Å²) in [6.07, 6.45) is 2.38. The summed E-state index contributed by atoms with van der Waals surface area (Å²) in [6.45, 7) is 3.36. The van der Waals surface area contributed by atoms with Crippen LogP contribution in [0.4, 0.5) is 5.00 Å². The quantitative estimate of drug-likeness (QED) is 0.539. The molecule has 2 atom stereocenters. The van der Waals surface area contributed by atoms with E-state index in [9.17, 15) is 4.79 Å². The first kappa shape index (κ1) is 18.1. The predicted molar refractivity (Wildman–Crippen MR) is 107 cm³/mol. The summed E-state index contributed by atoms with van der Waals surface area (Å²) < 4.78 is 5.38. The number of thiophene rings is 1. The molecule has 0 spiro atoms. The molecule has 0 bridgehead atoms. The smallest absolute Gasteiger partial charge is 0.258 e. The van der Waals surface area contributed by atoms with Gasteiger partial charge in [0.05, 0.1) is 24.4 Å². The molecule has 1 aromatic heterocycles. The number of hydrogen-bond acceptors (Lipinski definition) is 7. The zero-order chi connectivity index (χ0) is 18.5. The molecule has 0 radical (unpaired) electrons. The van der Waals surface area contributed by atoms with Crippen molar-refractivity contribution < 1.29 is 9.53 Å². The Morgan fingerprint density at radius 2 is 2.00 bits per heavy atom. The number of amides is 1. The van der Waals surface area contributed by atoms with Crippen LogP contribution in [0.2, 0.25) is 0 Å². The lowest BCUT2D eigenvalue weighted by molar-refractivity contribution is -0.122. The zero-order valence-electron chi connectivity index (χ0n) is 14.9. The highest BCUT2D eigenvalue weighted by Crippen LogP contribution is 2.25. The molecule has 0 saturated carbocycles. The molecular formula is C19H23N5O2S. The van der Waals surface area contributed by atoms with Crippen molar-refractivity contribution in [1.82, 2.24) is 16.3 Å². The molecule has 3 heterocycles. The van der Waals surface area contributed by atoms with Crippen LogP contribution in [-0.4, -0.2) is 44.5 Å². The lowest BCUT2D eigenvalue weighted by atomic mass is 10.0. The molecule has 4 rings (SSSR count). The minimum absolute atomic E-state index is 0.124. The van der Waals surface area contributed by atoms with Crippen molar-refractivity contribution in [3.8, 4) is 0 Å². The topological polar surface area (TPSA) is 78.0 Å². The van der Waals surface area contributed by atoms with Gasteiger partial charge in [0, 0.05) is 24.0 Å². The van der Waals surface area contributed by atoms with Crippen molar-refractivity contribution in [1.29, 1.82) is 0 Å². The van der Waals surface area contributed by atoms with Gasteiger partial charge in [-0.25, -0.2) is 16.3 Å². The van der Waals surface area contributed by atoms with E-state index >= 15 is 0 Å². The number of ether oxygens (including phenoxy) is 1. The second kappa shape index (κ2) is 8.62.